The highest BCUT2D eigenvalue weighted by molar-refractivity contribution is 4.58. The van der Waals surface area contributed by atoms with Gasteiger partial charge in [-0.15, -0.1) is 0 Å². The summed E-state index contributed by atoms with van der Waals surface area (Å²) in [5.74, 6) is 0. The van der Waals surface area contributed by atoms with E-state index in [9.17, 15) is 0 Å². The van der Waals surface area contributed by atoms with Gasteiger partial charge in [-0.25, -0.2) is 0 Å². The number of rotatable bonds is 14. The van der Waals surface area contributed by atoms with Gasteiger partial charge in [-0.1, -0.05) is 20.3 Å². The van der Waals surface area contributed by atoms with Gasteiger partial charge in [0.1, 0.15) is 0 Å². The Hall–Kier alpha value is -0.160. The third-order valence-electron chi connectivity index (χ3n) is 3.31. The summed E-state index contributed by atoms with van der Waals surface area (Å²) in [6, 6.07) is 0. The van der Waals surface area contributed by atoms with Crippen molar-refractivity contribution in [2.75, 3.05) is 26.4 Å². The van der Waals surface area contributed by atoms with Crippen molar-refractivity contribution in [1.29, 1.82) is 0 Å². The Balaban J connectivity index is 3.65. The minimum absolute atomic E-state index is 0.0114. The molecular weight excluding hydrogens is 256 g/mol. The average molecular weight is 290 g/mol. The Morgan fingerprint density at radius 1 is 1.00 bits per heavy atom. The number of hydrogen-bond acceptors (Lipinski definition) is 4. The molecule has 0 aromatic rings. The van der Waals surface area contributed by atoms with Crippen molar-refractivity contribution >= 4 is 0 Å². The molecule has 0 saturated heterocycles. The maximum absolute atomic E-state index is 9.01. The summed E-state index contributed by atoms with van der Waals surface area (Å²) in [6.45, 7) is 10.6. The minimum Gasteiger partial charge on any atom is -0.396 e. The Morgan fingerprint density at radius 3 is 2.35 bits per heavy atom. The van der Waals surface area contributed by atoms with E-state index in [1.54, 1.807) is 0 Å². The highest BCUT2D eigenvalue weighted by Crippen LogP contribution is 2.06. The standard InChI is InChI=1S/C16H34O4/c1-5-7-11-19-16(8-10-17)13-18-12-9-15(4)20-14(3)6-2/h14-17H,5-13H2,1-4H3. The lowest BCUT2D eigenvalue weighted by Gasteiger charge is -2.20. The zero-order valence-electron chi connectivity index (χ0n) is 13.8. The molecule has 0 aliphatic carbocycles. The van der Waals surface area contributed by atoms with Crippen LogP contribution in [0.2, 0.25) is 0 Å². The SMILES string of the molecule is CCCCOC(CCO)COCCC(C)OC(C)CC. The van der Waals surface area contributed by atoms with E-state index >= 15 is 0 Å². The molecule has 0 spiro atoms. The summed E-state index contributed by atoms with van der Waals surface area (Å²) >= 11 is 0. The van der Waals surface area contributed by atoms with Gasteiger partial charge in [0.2, 0.25) is 0 Å². The van der Waals surface area contributed by atoms with Crippen molar-refractivity contribution in [3.05, 3.63) is 0 Å². The van der Waals surface area contributed by atoms with Crippen LogP contribution >= 0.6 is 0 Å². The van der Waals surface area contributed by atoms with Crippen LogP contribution in [0.3, 0.4) is 0 Å². The fraction of sp³-hybridized carbons (Fsp3) is 1.00. The molecule has 0 aliphatic rings. The normalized spacial score (nSPS) is 16.1. The van der Waals surface area contributed by atoms with Gasteiger partial charge in [-0.3, -0.25) is 0 Å². The van der Waals surface area contributed by atoms with Crippen molar-refractivity contribution < 1.29 is 19.3 Å². The van der Waals surface area contributed by atoms with E-state index in [0.717, 1.165) is 32.3 Å². The predicted octanol–water partition coefficient (Wildman–Crippen LogP) is 3.16. The van der Waals surface area contributed by atoms with Gasteiger partial charge in [-0.2, -0.15) is 0 Å². The number of aliphatic hydroxyl groups is 1. The van der Waals surface area contributed by atoms with Crippen molar-refractivity contribution in [3.63, 3.8) is 0 Å². The smallest absolute Gasteiger partial charge is 0.0830 e. The molecule has 0 aromatic heterocycles. The zero-order valence-corrected chi connectivity index (χ0v) is 13.8. The molecule has 0 aromatic carbocycles. The Bertz CT molecular complexity index is 199. The molecule has 0 heterocycles. The maximum atomic E-state index is 9.01. The van der Waals surface area contributed by atoms with Gasteiger partial charge in [0, 0.05) is 19.8 Å². The van der Waals surface area contributed by atoms with E-state index in [1.807, 2.05) is 0 Å². The molecule has 4 heteroatoms. The Kier molecular flexibility index (Phi) is 13.7. The molecule has 0 saturated carbocycles. The van der Waals surface area contributed by atoms with Crippen molar-refractivity contribution in [2.45, 2.75) is 78.1 Å². The van der Waals surface area contributed by atoms with Crippen molar-refractivity contribution in [3.8, 4) is 0 Å². The van der Waals surface area contributed by atoms with Crippen LogP contribution in [0.1, 0.15) is 59.8 Å². The molecule has 0 rings (SSSR count). The Morgan fingerprint density at radius 2 is 1.75 bits per heavy atom. The topological polar surface area (TPSA) is 47.9 Å². The van der Waals surface area contributed by atoms with Crippen LogP contribution in [-0.2, 0) is 14.2 Å². The average Bonchev–Trinajstić information content (AvgIpc) is 2.43. The van der Waals surface area contributed by atoms with E-state index in [1.165, 1.54) is 0 Å². The van der Waals surface area contributed by atoms with E-state index in [-0.39, 0.29) is 18.8 Å². The second kappa shape index (κ2) is 13.8. The molecule has 1 N–H and O–H groups in total. The van der Waals surface area contributed by atoms with Gasteiger partial charge < -0.3 is 19.3 Å². The molecular formula is C16H34O4. The second-order valence-corrected chi connectivity index (χ2v) is 5.39. The maximum Gasteiger partial charge on any atom is 0.0830 e. The summed E-state index contributed by atoms with van der Waals surface area (Å²) in [4.78, 5) is 0. The zero-order chi connectivity index (χ0) is 15.2. The van der Waals surface area contributed by atoms with E-state index in [2.05, 4.69) is 27.7 Å². The van der Waals surface area contributed by atoms with Crippen LogP contribution in [0.4, 0.5) is 0 Å². The summed E-state index contributed by atoms with van der Waals surface area (Å²) < 4.78 is 17.1. The van der Waals surface area contributed by atoms with Crippen LogP contribution in [0.5, 0.6) is 0 Å². The number of hydrogen-bond donors (Lipinski definition) is 1. The number of ether oxygens (including phenoxy) is 3. The van der Waals surface area contributed by atoms with Crippen LogP contribution < -0.4 is 0 Å². The molecule has 0 radical (unpaired) electrons. The predicted molar refractivity (Wildman–Crippen MR) is 82.1 cm³/mol. The molecule has 0 fully saturated rings. The summed E-state index contributed by atoms with van der Waals surface area (Å²) in [5.41, 5.74) is 0. The first-order valence-corrected chi connectivity index (χ1v) is 8.09. The Labute approximate surface area is 124 Å². The van der Waals surface area contributed by atoms with Crippen LogP contribution in [-0.4, -0.2) is 49.8 Å². The van der Waals surface area contributed by atoms with Gasteiger partial charge in [0.15, 0.2) is 0 Å². The van der Waals surface area contributed by atoms with Gasteiger partial charge in [0.25, 0.3) is 0 Å². The minimum atomic E-state index is 0.0114. The molecule has 3 atom stereocenters. The lowest BCUT2D eigenvalue weighted by Crippen LogP contribution is -2.24. The first-order chi connectivity index (χ1) is 9.63. The lowest BCUT2D eigenvalue weighted by molar-refractivity contribution is -0.0454. The summed E-state index contributed by atoms with van der Waals surface area (Å²) in [7, 11) is 0. The van der Waals surface area contributed by atoms with Gasteiger partial charge >= 0.3 is 0 Å². The third-order valence-corrected chi connectivity index (χ3v) is 3.31. The van der Waals surface area contributed by atoms with Gasteiger partial charge in [-0.05, 0) is 39.5 Å². The molecule has 4 nitrogen and oxygen atoms in total. The molecule has 0 bridgehead atoms. The molecule has 122 valence electrons. The van der Waals surface area contributed by atoms with Crippen LogP contribution in [0, 0.1) is 0 Å². The fourth-order valence-corrected chi connectivity index (χ4v) is 1.78. The number of unbranched alkanes of at least 4 members (excludes halogenated alkanes) is 1. The summed E-state index contributed by atoms with van der Waals surface area (Å²) in [6.07, 6.45) is 5.30. The lowest BCUT2D eigenvalue weighted by atomic mass is 10.2. The largest absolute Gasteiger partial charge is 0.396 e. The highest BCUT2D eigenvalue weighted by atomic mass is 16.5. The first kappa shape index (κ1) is 19.8. The quantitative estimate of drug-likeness (QED) is 0.499. The van der Waals surface area contributed by atoms with Crippen LogP contribution in [0.25, 0.3) is 0 Å². The monoisotopic (exact) mass is 290 g/mol. The van der Waals surface area contributed by atoms with Crippen molar-refractivity contribution in [1.82, 2.24) is 0 Å². The molecule has 0 amide bonds. The highest BCUT2D eigenvalue weighted by Gasteiger charge is 2.10. The van der Waals surface area contributed by atoms with Crippen molar-refractivity contribution in [2.24, 2.45) is 0 Å². The summed E-state index contributed by atoms with van der Waals surface area (Å²) in [5, 5.41) is 9.01. The van der Waals surface area contributed by atoms with E-state index in [0.29, 0.717) is 25.7 Å². The van der Waals surface area contributed by atoms with Gasteiger partial charge in [0.05, 0.1) is 24.9 Å². The van der Waals surface area contributed by atoms with E-state index in [4.69, 9.17) is 19.3 Å². The molecule has 3 unspecified atom stereocenters. The van der Waals surface area contributed by atoms with E-state index < -0.39 is 0 Å². The third kappa shape index (κ3) is 11.6. The molecule has 20 heavy (non-hydrogen) atoms. The second-order valence-electron chi connectivity index (χ2n) is 5.39. The number of aliphatic hydroxyl groups excluding tert-OH is 1. The van der Waals surface area contributed by atoms with Crippen LogP contribution in [0.15, 0.2) is 0 Å². The first-order valence-electron chi connectivity index (χ1n) is 8.09. The fourth-order valence-electron chi connectivity index (χ4n) is 1.78. The molecule has 0 aliphatic heterocycles.